The molecule has 4 aliphatic carbocycles. The molecule has 0 aromatic heterocycles. The molecule has 8 rings (SSSR count). The molecule has 0 aliphatic heterocycles. The summed E-state index contributed by atoms with van der Waals surface area (Å²) in [6.45, 7) is 0. The molecule has 22 heteroatoms. The van der Waals surface area contributed by atoms with Gasteiger partial charge in [-0.1, -0.05) is 97.1 Å². The van der Waals surface area contributed by atoms with Crippen LogP contribution in [0.4, 0.5) is 0 Å². The molecule has 0 heterocycles. The van der Waals surface area contributed by atoms with Gasteiger partial charge in [0.15, 0.2) is 5.76 Å². The van der Waals surface area contributed by atoms with E-state index < -0.39 is 76.3 Å². The standard InChI is InChI=1S/C10H8O6S.C10H6O5S.2C10H6O3.2Na.H2O/c11-8-5-10(13,17(14,15)16)7-4-2-1-3-6(7)9(8)12;11-8-5-9(16(13,14)15)6-3-1-2-4-7(6)10(8)12;2*11-8-5-9(12)10(13)7-4-2-1-3-6(7)8;;;/h1-5,11,13H,(H,14,15,16);1-5H,(H,13,14,15);2*1-5,11H;;;1H2/q;;;;2*+1;/p-3. The van der Waals surface area contributed by atoms with Gasteiger partial charge < -0.3 is 35.0 Å². The number of rotatable bonds is 2. The SMILES string of the molecule is O=C1C(O)=CC(O)(S(=O)(=O)[O-])c2ccccc21.O=C1C=C(O)c2ccccc2C1=O.O=C1C=C(O)c2ccccc2C1=O.O=C1C=C(S(=O)(=O)[O-])c2ccccc2C1=O.[Na+].[Na+].[OH-]. The van der Waals surface area contributed by atoms with Gasteiger partial charge in [0.2, 0.25) is 45.4 Å². The maximum atomic E-state index is 11.5. The molecule has 0 saturated carbocycles. The van der Waals surface area contributed by atoms with Crippen molar-refractivity contribution < 1.29 is 145 Å². The van der Waals surface area contributed by atoms with Crippen LogP contribution in [0.5, 0.6) is 0 Å². The molecule has 0 fully saturated rings. The number of hydrogen-bond acceptors (Lipinski definition) is 18. The number of aliphatic hydroxyl groups excluding tert-OH is 3. The molecule has 5 N–H and O–H groups in total. The first kappa shape index (κ1) is 52.8. The summed E-state index contributed by atoms with van der Waals surface area (Å²) in [7, 11) is -9.94. The van der Waals surface area contributed by atoms with Crippen LogP contribution >= 0.6 is 0 Å². The summed E-state index contributed by atoms with van der Waals surface area (Å²) < 4.78 is 65.9. The van der Waals surface area contributed by atoms with Crippen LogP contribution in [0.3, 0.4) is 0 Å². The zero-order chi connectivity index (χ0) is 43.6. The molecule has 18 nitrogen and oxygen atoms in total. The van der Waals surface area contributed by atoms with Crippen molar-refractivity contribution in [2.24, 2.45) is 0 Å². The van der Waals surface area contributed by atoms with Gasteiger partial charge in [-0.15, -0.1) is 0 Å². The first-order chi connectivity index (χ1) is 27.6. The smallest absolute Gasteiger partial charge is 0.870 e. The Kier molecular flexibility index (Phi) is 17.6. The Morgan fingerprint density at radius 1 is 0.435 bits per heavy atom. The van der Waals surface area contributed by atoms with E-state index in [1.54, 1.807) is 36.4 Å². The molecule has 4 aromatic rings. The molecule has 308 valence electrons. The summed E-state index contributed by atoms with van der Waals surface area (Å²) in [6, 6.07) is 23.7. The van der Waals surface area contributed by atoms with E-state index in [0.29, 0.717) is 23.3 Å². The van der Waals surface area contributed by atoms with Crippen molar-refractivity contribution in [3.05, 3.63) is 172 Å². The average Bonchev–Trinajstić information content (AvgIpc) is 3.19. The van der Waals surface area contributed by atoms with Crippen molar-refractivity contribution in [3.8, 4) is 0 Å². The fourth-order valence-corrected chi connectivity index (χ4v) is 7.18. The quantitative estimate of drug-likeness (QED) is 0.0878. The zero-order valence-corrected chi connectivity index (χ0v) is 37.5. The number of hydrogen-bond donors (Lipinski definition) is 4. The molecule has 0 spiro atoms. The van der Waals surface area contributed by atoms with Crippen molar-refractivity contribution in [1.29, 1.82) is 0 Å². The minimum absolute atomic E-state index is 0. The predicted octanol–water partition coefficient (Wildman–Crippen LogP) is -3.11. The minimum Gasteiger partial charge on any atom is -0.870 e. The van der Waals surface area contributed by atoms with Gasteiger partial charge in [-0.3, -0.25) is 33.6 Å². The number of allylic oxidation sites excluding steroid dienone is 4. The molecule has 4 aliphatic rings. The average molecular weight is 904 g/mol. The molecule has 0 radical (unpaired) electrons. The van der Waals surface area contributed by atoms with E-state index in [-0.39, 0.29) is 109 Å². The third-order valence-electron chi connectivity index (χ3n) is 8.57. The molecule has 4 aromatic carbocycles. The zero-order valence-electron chi connectivity index (χ0n) is 31.9. The van der Waals surface area contributed by atoms with E-state index in [9.17, 15) is 79.9 Å². The normalized spacial score (nSPS) is 17.0. The Balaban J connectivity index is 0.000000282. The monoisotopic (exact) mass is 903 g/mol. The number of carbonyl (C=O) groups is 7. The van der Waals surface area contributed by atoms with Gasteiger partial charge in [-0.2, -0.15) is 0 Å². The number of aliphatic hydroxyl groups is 4. The Labute approximate surface area is 395 Å². The van der Waals surface area contributed by atoms with Crippen molar-refractivity contribution in [2.45, 2.75) is 4.93 Å². The molecular weight excluding hydrogens is 879 g/mol. The number of carbonyl (C=O) groups excluding carboxylic acids is 7. The molecular formula is C40H25Na2O18S2-. The van der Waals surface area contributed by atoms with Gasteiger partial charge in [-0.25, -0.2) is 16.8 Å². The summed E-state index contributed by atoms with van der Waals surface area (Å²) in [5.41, 5.74) is 0.762. The van der Waals surface area contributed by atoms with Crippen LogP contribution in [0.15, 0.2) is 127 Å². The predicted molar refractivity (Wildman–Crippen MR) is 203 cm³/mol. The molecule has 1 atom stereocenters. The van der Waals surface area contributed by atoms with Crippen LogP contribution in [0, 0.1) is 0 Å². The summed E-state index contributed by atoms with van der Waals surface area (Å²) in [4.78, 5) is 75.0. The third-order valence-corrected chi connectivity index (χ3v) is 10.6. The van der Waals surface area contributed by atoms with Crippen molar-refractivity contribution in [3.63, 3.8) is 0 Å². The Hall–Kier alpha value is -5.33. The van der Waals surface area contributed by atoms with E-state index >= 15 is 0 Å². The Bertz CT molecular complexity index is 2830. The summed E-state index contributed by atoms with van der Waals surface area (Å²) in [5.74, 6) is -6.34. The van der Waals surface area contributed by atoms with E-state index in [1.807, 2.05) is 0 Å². The van der Waals surface area contributed by atoms with Crippen molar-refractivity contribution in [1.82, 2.24) is 0 Å². The number of fused-ring (bicyclic) bond motifs is 4. The second kappa shape index (κ2) is 20.7. The summed E-state index contributed by atoms with van der Waals surface area (Å²) in [6.07, 6.45) is 2.82. The van der Waals surface area contributed by atoms with E-state index in [0.717, 1.165) is 18.2 Å². The largest absolute Gasteiger partial charge is 1.00 e. The molecule has 1 unspecified atom stereocenters. The third kappa shape index (κ3) is 10.8. The summed E-state index contributed by atoms with van der Waals surface area (Å²) in [5, 5.41) is 37.8. The van der Waals surface area contributed by atoms with E-state index in [1.165, 1.54) is 54.6 Å². The second-order valence-corrected chi connectivity index (χ2v) is 15.2. The van der Waals surface area contributed by atoms with E-state index in [4.69, 9.17) is 0 Å². The van der Waals surface area contributed by atoms with Crippen LogP contribution in [-0.2, 0) is 39.6 Å². The van der Waals surface area contributed by atoms with Gasteiger partial charge in [-0.05, 0) is 0 Å². The Morgan fingerprint density at radius 3 is 1.15 bits per heavy atom. The maximum Gasteiger partial charge on any atom is 1.00 e. The molecule has 0 saturated heterocycles. The topological polar surface area (TPSA) is 345 Å². The van der Waals surface area contributed by atoms with Gasteiger partial charge in [0.25, 0.3) is 0 Å². The van der Waals surface area contributed by atoms with E-state index in [2.05, 4.69) is 0 Å². The van der Waals surface area contributed by atoms with Crippen LogP contribution in [0.25, 0.3) is 16.4 Å². The summed E-state index contributed by atoms with van der Waals surface area (Å²) >= 11 is 0. The fraction of sp³-hybridized carbons (Fsp3) is 0.0250. The number of Topliss-reactive ketones (excluding diaryl/α,β-unsaturated/α-hetero) is 4. The first-order valence-corrected chi connectivity index (χ1v) is 19.2. The van der Waals surface area contributed by atoms with Crippen LogP contribution < -0.4 is 59.1 Å². The van der Waals surface area contributed by atoms with Crippen LogP contribution in [0.1, 0.15) is 63.7 Å². The van der Waals surface area contributed by atoms with Gasteiger partial charge >= 0.3 is 59.1 Å². The van der Waals surface area contributed by atoms with Crippen molar-refractivity contribution >= 4 is 77.1 Å². The first-order valence-electron chi connectivity index (χ1n) is 16.4. The van der Waals surface area contributed by atoms with Crippen LogP contribution in [-0.4, -0.2) is 92.3 Å². The van der Waals surface area contributed by atoms with Gasteiger partial charge in [0, 0.05) is 68.8 Å². The number of ketones is 7. The fourth-order valence-electron chi connectivity index (χ4n) is 5.77. The Morgan fingerprint density at radius 2 is 0.758 bits per heavy atom. The molecule has 0 amide bonds. The van der Waals surface area contributed by atoms with Gasteiger partial charge in [0.05, 0.1) is 4.91 Å². The molecule has 0 bridgehead atoms. The minimum atomic E-state index is -5.18. The van der Waals surface area contributed by atoms with Crippen molar-refractivity contribution in [2.75, 3.05) is 0 Å². The van der Waals surface area contributed by atoms with Gasteiger partial charge in [0.1, 0.15) is 31.8 Å². The number of benzene rings is 4. The second-order valence-electron chi connectivity index (χ2n) is 12.3. The van der Waals surface area contributed by atoms with Crippen LogP contribution in [0.2, 0.25) is 0 Å². The maximum absolute atomic E-state index is 11.5. The molecule has 62 heavy (non-hydrogen) atoms.